The van der Waals surface area contributed by atoms with Gasteiger partial charge in [-0.15, -0.1) is 0 Å². The van der Waals surface area contributed by atoms with Gasteiger partial charge in [0.05, 0.1) is 5.33 Å². The zero-order valence-electron chi connectivity index (χ0n) is 4.94. The van der Waals surface area contributed by atoms with Crippen molar-refractivity contribution in [2.45, 2.75) is 0 Å². The number of amides is 1. The molecule has 0 aromatic carbocycles. The molecule has 1 N–H and O–H groups in total. The minimum atomic E-state index is -0.0324. The lowest BCUT2D eigenvalue weighted by Crippen LogP contribution is -2.36. The molecule has 4 heteroatoms. The molecule has 0 fully saturated rings. The van der Waals surface area contributed by atoms with Gasteiger partial charge in [-0.2, -0.15) is 0 Å². The number of hydrazine groups is 1. The minimum Gasteiger partial charge on any atom is -0.289 e. The number of carbonyl (C=O) groups excluding carboxylic acids is 1. The van der Waals surface area contributed by atoms with Crippen LogP contribution in [0.25, 0.3) is 0 Å². The number of carbonyl (C=O) groups is 1. The maximum absolute atomic E-state index is 10.4. The van der Waals surface area contributed by atoms with E-state index < -0.39 is 0 Å². The summed E-state index contributed by atoms with van der Waals surface area (Å²) in [5, 5.41) is 1.95. The largest absolute Gasteiger partial charge is 0.289 e. The molecule has 0 heterocycles. The highest BCUT2D eigenvalue weighted by Crippen LogP contribution is 1.77. The van der Waals surface area contributed by atoms with Gasteiger partial charge >= 0.3 is 0 Å². The highest BCUT2D eigenvalue weighted by molar-refractivity contribution is 9.09. The van der Waals surface area contributed by atoms with Crippen LogP contribution in [0.2, 0.25) is 0 Å². The molecule has 0 aliphatic heterocycles. The summed E-state index contributed by atoms with van der Waals surface area (Å²) < 4.78 is 0. The number of halogens is 1. The number of nitrogens with one attached hydrogen (secondary N) is 1. The van der Waals surface area contributed by atoms with Crippen LogP contribution in [0.5, 0.6) is 0 Å². The summed E-state index contributed by atoms with van der Waals surface area (Å²) in [4.78, 5) is 10.4. The van der Waals surface area contributed by atoms with Crippen molar-refractivity contribution in [3.05, 3.63) is 0 Å². The maximum Gasteiger partial charge on any atom is 0.244 e. The van der Waals surface area contributed by atoms with E-state index in [9.17, 15) is 4.79 Å². The molecule has 0 aromatic rings. The minimum absolute atomic E-state index is 0.0324. The van der Waals surface area contributed by atoms with Crippen molar-refractivity contribution in [2.75, 3.05) is 19.4 Å². The molecule has 0 bridgehead atoms. The summed E-state index contributed by atoms with van der Waals surface area (Å²) in [5.74, 6) is -0.0324. The Morgan fingerprint density at radius 3 is 2.38 bits per heavy atom. The van der Waals surface area contributed by atoms with Crippen molar-refractivity contribution in [1.82, 2.24) is 10.4 Å². The molecule has 48 valence electrons. The lowest BCUT2D eigenvalue weighted by Gasteiger charge is -2.08. The molecule has 0 spiro atoms. The first kappa shape index (κ1) is 7.91. The Morgan fingerprint density at radius 1 is 1.75 bits per heavy atom. The van der Waals surface area contributed by atoms with Gasteiger partial charge in [-0.1, -0.05) is 15.9 Å². The average Bonchev–Trinajstić information content (AvgIpc) is 1.65. The van der Waals surface area contributed by atoms with Crippen LogP contribution in [0.3, 0.4) is 0 Å². The molecule has 0 aliphatic rings. The van der Waals surface area contributed by atoms with Crippen LogP contribution in [0.1, 0.15) is 0 Å². The van der Waals surface area contributed by atoms with Crippen LogP contribution >= 0.6 is 15.9 Å². The fraction of sp³-hybridized carbons (Fsp3) is 0.750. The average molecular weight is 181 g/mol. The van der Waals surface area contributed by atoms with Crippen LogP contribution < -0.4 is 5.43 Å². The molecular formula is C4H9BrN2O. The second-order valence-electron chi connectivity index (χ2n) is 1.56. The molecule has 0 saturated heterocycles. The SMILES string of the molecule is CN(C)NC(=O)CBr. The normalized spacial score (nSPS) is 9.50. The molecule has 0 aromatic heterocycles. The number of nitrogens with zero attached hydrogens (tertiary/aromatic N) is 1. The van der Waals surface area contributed by atoms with Crippen LogP contribution in [0.4, 0.5) is 0 Å². The van der Waals surface area contributed by atoms with Crippen LogP contribution in [-0.4, -0.2) is 30.3 Å². The standard InChI is InChI=1S/C4H9BrN2O/c1-7(2)6-4(8)3-5/h3H2,1-2H3,(H,6,8). The topological polar surface area (TPSA) is 32.3 Å². The third kappa shape index (κ3) is 4.08. The smallest absolute Gasteiger partial charge is 0.244 e. The Kier molecular flexibility index (Phi) is 3.81. The third-order valence-corrected chi connectivity index (χ3v) is 0.979. The number of hydrogen-bond donors (Lipinski definition) is 1. The van der Waals surface area contributed by atoms with Crippen molar-refractivity contribution in [2.24, 2.45) is 0 Å². The Hall–Kier alpha value is -0.0900. The van der Waals surface area contributed by atoms with Gasteiger partial charge < -0.3 is 0 Å². The molecule has 0 unspecified atom stereocenters. The second-order valence-corrected chi connectivity index (χ2v) is 2.12. The van der Waals surface area contributed by atoms with Gasteiger partial charge in [-0.05, 0) is 0 Å². The Morgan fingerprint density at radius 2 is 2.25 bits per heavy atom. The number of rotatable bonds is 2. The Labute approximate surface area is 57.1 Å². The van der Waals surface area contributed by atoms with Crippen molar-refractivity contribution in [3.63, 3.8) is 0 Å². The Bertz CT molecular complexity index is 84.1. The molecule has 1 amide bonds. The van der Waals surface area contributed by atoms with E-state index in [4.69, 9.17) is 0 Å². The molecule has 0 aliphatic carbocycles. The van der Waals surface area contributed by atoms with Crippen molar-refractivity contribution < 1.29 is 4.79 Å². The van der Waals surface area contributed by atoms with Gasteiger partial charge in [-0.25, -0.2) is 5.01 Å². The van der Waals surface area contributed by atoms with E-state index in [1.807, 2.05) is 0 Å². The summed E-state index contributed by atoms with van der Waals surface area (Å²) in [6, 6.07) is 0. The molecule has 3 nitrogen and oxygen atoms in total. The number of alkyl halides is 1. The van der Waals surface area contributed by atoms with Crippen molar-refractivity contribution in [1.29, 1.82) is 0 Å². The maximum atomic E-state index is 10.4. The fourth-order valence-electron chi connectivity index (χ4n) is 0.279. The highest BCUT2D eigenvalue weighted by atomic mass is 79.9. The van der Waals surface area contributed by atoms with Crippen LogP contribution in [0.15, 0.2) is 0 Å². The molecule has 8 heavy (non-hydrogen) atoms. The van der Waals surface area contributed by atoms with E-state index in [-0.39, 0.29) is 5.91 Å². The lowest BCUT2D eigenvalue weighted by atomic mass is 10.7. The predicted octanol–water partition coefficient (Wildman–Crippen LogP) is -0.0259. The van der Waals surface area contributed by atoms with Gasteiger partial charge in [0.15, 0.2) is 0 Å². The highest BCUT2D eigenvalue weighted by Gasteiger charge is 1.95. The summed E-state index contributed by atoms with van der Waals surface area (Å²) in [6.07, 6.45) is 0. The van der Waals surface area contributed by atoms with Gasteiger partial charge in [0.2, 0.25) is 5.91 Å². The molecular weight excluding hydrogens is 172 g/mol. The summed E-state index contributed by atoms with van der Waals surface area (Å²) in [5.41, 5.74) is 2.54. The van der Waals surface area contributed by atoms with E-state index >= 15 is 0 Å². The van der Waals surface area contributed by atoms with Gasteiger partial charge in [0.25, 0.3) is 0 Å². The molecule has 0 atom stereocenters. The predicted molar refractivity (Wildman–Crippen MR) is 35.6 cm³/mol. The first-order valence-electron chi connectivity index (χ1n) is 2.19. The third-order valence-electron chi connectivity index (χ3n) is 0.470. The lowest BCUT2D eigenvalue weighted by molar-refractivity contribution is -0.122. The number of hydrogen-bond acceptors (Lipinski definition) is 2. The van der Waals surface area contributed by atoms with Gasteiger partial charge in [0, 0.05) is 14.1 Å². The first-order valence-corrected chi connectivity index (χ1v) is 3.31. The van der Waals surface area contributed by atoms with Crippen LogP contribution in [-0.2, 0) is 4.79 Å². The zero-order valence-corrected chi connectivity index (χ0v) is 6.53. The van der Waals surface area contributed by atoms with E-state index in [1.165, 1.54) is 0 Å². The monoisotopic (exact) mass is 180 g/mol. The van der Waals surface area contributed by atoms with Gasteiger partial charge in [0.1, 0.15) is 0 Å². The quantitative estimate of drug-likeness (QED) is 0.479. The summed E-state index contributed by atoms with van der Waals surface area (Å²) in [6.45, 7) is 0. The second kappa shape index (κ2) is 3.86. The first-order chi connectivity index (χ1) is 3.66. The van der Waals surface area contributed by atoms with E-state index in [0.29, 0.717) is 5.33 Å². The van der Waals surface area contributed by atoms with Gasteiger partial charge in [-0.3, -0.25) is 10.2 Å². The summed E-state index contributed by atoms with van der Waals surface area (Å²) >= 11 is 3.00. The Balaban J connectivity index is 3.25. The van der Waals surface area contributed by atoms with E-state index in [0.717, 1.165) is 0 Å². The molecule has 0 radical (unpaired) electrons. The molecule has 0 rings (SSSR count). The zero-order chi connectivity index (χ0) is 6.57. The van der Waals surface area contributed by atoms with Crippen LogP contribution in [0, 0.1) is 0 Å². The van der Waals surface area contributed by atoms with E-state index in [2.05, 4.69) is 21.4 Å². The summed E-state index contributed by atoms with van der Waals surface area (Å²) in [7, 11) is 3.53. The fourth-order valence-corrected chi connectivity index (χ4v) is 0.405. The van der Waals surface area contributed by atoms with Crippen molar-refractivity contribution in [3.8, 4) is 0 Å². The molecule has 0 saturated carbocycles. The van der Waals surface area contributed by atoms with Crippen molar-refractivity contribution >= 4 is 21.8 Å². The van der Waals surface area contributed by atoms with E-state index in [1.54, 1.807) is 19.1 Å².